The van der Waals surface area contributed by atoms with Crippen LogP contribution >= 0.6 is 11.3 Å². The molecule has 2 aromatic rings. The molecule has 140 valence electrons. The first kappa shape index (κ1) is 19.1. The number of nitrogens with zero attached hydrogens (tertiary/aromatic N) is 1. The molecule has 1 aromatic carbocycles. The fourth-order valence-electron chi connectivity index (χ4n) is 2.83. The zero-order valence-electron chi connectivity index (χ0n) is 14.4. The molecule has 0 aliphatic heterocycles. The van der Waals surface area contributed by atoms with Gasteiger partial charge in [0.2, 0.25) is 0 Å². The summed E-state index contributed by atoms with van der Waals surface area (Å²) in [5, 5.41) is 12.4. The maximum absolute atomic E-state index is 12.1. The molecule has 0 saturated heterocycles. The van der Waals surface area contributed by atoms with Crippen LogP contribution in [0.4, 0.5) is 5.00 Å². The summed E-state index contributed by atoms with van der Waals surface area (Å²) in [7, 11) is -3.35. The first-order valence-corrected chi connectivity index (χ1v) is 10.8. The van der Waals surface area contributed by atoms with Crippen LogP contribution in [-0.4, -0.2) is 33.2 Å². The highest BCUT2D eigenvalue weighted by molar-refractivity contribution is 7.90. The van der Waals surface area contributed by atoms with Crippen molar-refractivity contribution in [1.29, 1.82) is 5.26 Å². The Hall–Kier alpha value is -2.70. The zero-order chi connectivity index (χ0) is 19.6. The summed E-state index contributed by atoms with van der Waals surface area (Å²) in [6.07, 6.45) is 3.83. The van der Waals surface area contributed by atoms with Gasteiger partial charge in [-0.3, -0.25) is 4.79 Å². The summed E-state index contributed by atoms with van der Waals surface area (Å²) < 4.78 is 27.8. The lowest BCUT2D eigenvalue weighted by Gasteiger charge is -2.06. The van der Waals surface area contributed by atoms with E-state index in [0.717, 1.165) is 36.0 Å². The van der Waals surface area contributed by atoms with Gasteiger partial charge in [-0.15, -0.1) is 11.3 Å². The minimum Gasteiger partial charge on any atom is -0.452 e. The van der Waals surface area contributed by atoms with Gasteiger partial charge in [-0.1, -0.05) is 0 Å². The Morgan fingerprint density at radius 1 is 1.26 bits per heavy atom. The van der Waals surface area contributed by atoms with Gasteiger partial charge in [-0.05, 0) is 49.1 Å². The minimum atomic E-state index is -3.35. The number of ether oxygens (including phenoxy) is 1. The molecule has 7 nitrogen and oxygen atoms in total. The number of hydrogen-bond donors (Lipinski definition) is 1. The van der Waals surface area contributed by atoms with E-state index < -0.39 is 28.3 Å². The van der Waals surface area contributed by atoms with Crippen molar-refractivity contribution < 1.29 is 22.7 Å². The maximum Gasteiger partial charge on any atom is 0.338 e. The van der Waals surface area contributed by atoms with Crippen molar-refractivity contribution in [2.24, 2.45) is 0 Å². The number of benzene rings is 1. The van der Waals surface area contributed by atoms with Crippen molar-refractivity contribution in [3.8, 4) is 6.07 Å². The number of fused-ring (bicyclic) bond motifs is 1. The minimum absolute atomic E-state index is 0.0894. The summed E-state index contributed by atoms with van der Waals surface area (Å²) in [6, 6.07) is 7.39. The average molecular weight is 404 g/mol. The SMILES string of the molecule is CS(=O)(=O)c1ccc(C(=O)OCC(=O)Nc2sc3c(c2C#N)CCC3)cc1. The monoisotopic (exact) mass is 404 g/mol. The third kappa shape index (κ3) is 4.18. The van der Waals surface area contributed by atoms with Gasteiger partial charge >= 0.3 is 5.97 Å². The van der Waals surface area contributed by atoms with Crippen molar-refractivity contribution in [2.45, 2.75) is 24.2 Å². The number of anilines is 1. The van der Waals surface area contributed by atoms with Gasteiger partial charge < -0.3 is 10.1 Å². The second kappa shape index (κ2) is 7.50. The Labute approximate surface area is 160 Å². The van der Waals surface area contributed by atoms with Crippen LogP contribution in [0.25, 0.3) is 0 Å². The van der Waals surface area contributed by atoms with E-state index in [4.69, 9.17) is 4.74 Å². The van der Waals surface area contributed by atoms with E-state index in [1.54, 1.807) is 0 Å². The summed E-state index contributed by atoms with van der Waals surface area (Å²) in [4.78, 5) is 25.3. The van der Waals surface area contributed by atoms with Crippen LogP contribution in [0.1, 0.15) is 32.8 Å². The molecule has 0 spiro atoms. The molecule has 1 N–H and O–H groups in total. The lowest BCUT2D eigenvalue weighted by molar-refractivity contribution is -0.119. The van der Waals surface area contributed by atoms with Crippen LogP contribution in [0.15, 0.2) is 29.2 Å². The van der Waals surface area contributed by atoms with Crippen molar-refractivity contribution in [1.82, 2.24) is 0 Å². The van der Waals surface area contributed by atoms with Crippen LogP contribution in [-0.2, 0) is 32.2 Å². The normalized spacial score (nSPS) is 12.9. The Bertz CT molecular complexity index is 1050. The number of carbonyl (C=O) groups is 2. The third-order valence-corrected chi connectivity index (χ3v) is 6.47. The van der Waals surface area contributed by atoms with Crippen LogP contribution in [0.3, 0.4) is 0 Å². The van der Waals surface area contributed by atoms with Crippen molar-refractivity contribution in [2.75, 3.05) is 18.2 Å². The topological polar surface area (TPSA) is 113 Å². The third-order valence-electron chi connectivity index (χ3n) is 4.14. The summed E-state index contributed by atoms with van der Waals surface area (Å²) in [5.41, 5.74) is 1.63. The maximum atomic E-state index is 12.1. The first-order valence-electron chi connectivity index (χ1n) is 8.11. The highest BCUT2D eigenvalue weighted by atomic mass is 32.2. The molecule has 0 atom stereocenters. The Balaban J connectivity index is 1.60. The number of thiophene rings is 1. The molecule has 1 aromatic heterocycles. The molecule has 1 aliphatic carbocycles. The molecule has 1 aliphatic rings. The smallest absolute Gasteiger partial charge is 0.338 e. The molecule has 0 fully saturated rings. The number of sulfone groups is 1. The number of rotatable bonds is 5. The predicted molar refractivity (Wildman–Crippen MR) is 99.5 cm³/mol. The summed E-state index contributed by atoms with van der Waals surface area (Å²) in [6.45, 7) is -0.500. The number of hydrogen-bond acceptors (Lipinski definition) is 7. The van der Waals surface area contributed by atoms with Crippen LogP contribution in [0.5, 0.6) is 0 Å². The fourth-order valence-corrected chi connectivity index (χ4v) is 4.71. The molecular weight excluding hydrogens is 388 g/mol. The molecule has 3 rings (SSSR count). The lowest BCUT2D eigenvalue weighted by Crippen LogP contribution is -2.21. The summed E-state index contributed by atoms with van der Waals surface area (Å²) >= 11 is 1.38. The highest BCUT2D eigenvalue weighted by Gasteiger charge is 2.23. The van der Waals surface area contributed by atoms with E-state index in [1.165, 1.54) is 35.6 Å². The average Bonchev–Trinajstić information content (AvgIpc) is 3.19. The molecule has 0 radical (unpaired) electrons. The van der Waals surface area contributed by atoms with E-state index in [-0.39, 0.29) is 10.5 Å². The van der Waals surface area contributed by atoms with E-state index in [9.17, 15) is 23.3 Å². The molecule has 1 heterocycles. The number of esters is 1. The van der Waals surface area contributed by atoms with Crippen molar-refractivity contribution in [3.63, 3.8) is 0 Å². The number of amides is 1. The van der Waals surface area contributed by atoms with E-state index in [1.807, 2.05) is 0 Å². The zero-order valence-corrected chi connectivity index (χ0v) is 16.1. The molecule has 0 bridgehead atoms. The molecular formula is C18H16N2O5S2. The largest absolute Gasteiger partial charge is 0.452 e. The van der Waals surface area contributed by atoms with Crippen molar-refractivity contribution in [3.05, 3.63) is 45.8 Å². The Kier molecular flexibility index (Phi) is 5.30. The van der Waals surface area contributed by atoms with E-state index >= 15 is 0 Å². The quantitative estimate of drug-likeness (QED) is 0.765. The Morgan fingerprint density at radius 3 is 2.59 bits per heavy atom. The first-order chi connectivity index (χ1) is 12.8. The summed E-state index contributed by atoms with van der Waals surface area (Å²) in [5.74, 6) is -1.27. The number of nitrogens with one attached hydrogen (secondary N) is 1. The standard InChI is InChI=1S/C18H16N2O5S2/c1-27(23,24)12-7-5-11(6-8-12)18(22)25-10-16(21)20-17-14(9-19)13-3-2-4-15(13)26-17/h5-8H,2-4,10H2,1H3,(H,20,21). The lowest BCUT2D eigenvalue weighted by atomic mass is 10.1. The van der Waals surface area contributed by atoms with Gasteiger partial charge in [0.25, 0.3) is 5.91 Å². The molecule has 0 unspecified atom stereocenters. The second-order valence-corrected chi connectivity index (χ2v) is 9.22. The van der Waals surface area contributed by atoms with Crippen molar-refractivity contribution >= 4 is 38.1 Å². The van der Waals surface area contributed by atoms with Gasteiger partial charge in [-0.25, -0.2) is 13.2 Å². The van der Waals surface area contributed by atoms with Crippen LogP contribution in [0, 0.1) is 11.3 Å². The molecule has 0 saturated carbocycles. The molecule has 27 heavy (non-hydrogen) atoms. The van der Waals surface area contributed by atoms with E-state index in [2.05, 4.69) is 11.4 Å². The van der Waals surface area contributed by atoms with Gasteiger partial charge in [-0.2, -0.15) is 5.26 Å². The predicted octanol–water partition coefficient (Wildman–Crippen LogP) is 2.31. The number of nitriles is 1. The number of carbonyl (C=O) groups excluding carboxylic acids is 2. The van der Waals surface area contributed by atoms with Crippen LogP contribution < -0.4 is 5.32 Å². The molecule has 9 heteroatoms. The van der Waals surface area contributed by atoms with Crippen LogP contribution in [0.2, 0.25) is 0 Å². The van der Waals surface area contributed by atoms with E-state index in [0.29, 0.717) is 10.6 Å². The Morgan fingerprint density at radius 2 is 1.96 bits per heavy atom. The van der Waals surface area contributed by atoms with Gasteiger partial charge in [0.1, 0.15) is 11.1 Å². The van der Waals surface area contributed by atoms with Gasteiger partial charge in [0.05, 0.1) is 16.0 Å². The van der Waals surface area contributed by atoms with Gasteiger partial charge in [0.15, 0.2) is 16.4 Å². The fraction of sp³-hybridized carbons (Fsp3) is 0.278. The second-order valence-electron chi connectivity index (χ2n) is 6.09. The molecule has 1 amide bonds. The number of aryl methyl sites for hydroxylation is 1. The van der Waals surface area contributed by atoms with Gasteiger partial charge in [0, 0.05) is 11.1 Å². The highest BCUT2D eigenvalue weighted by Crippen LogP contribution is 2.38.